The highest BCUT2D eigenvalue weighted by Gasteiger charge is 2.20. The van der Waals surface area contributed by atoms with Crippen LogP contribution in [0.2, 0.25) is 0 Å². The molecule has 1 heterocycles. The number of carbonyl (C=O) groups is 1. The molecule has 1 atom stereocenters. The van der Waals surface area contributed by atoms with Crippen LogP contribution in [0.25, 0.3) is 11.1 Å². The highest BCUT2D eigenvalue weighted by Crippen LogP contribution is 2.20. The van der Waals surface area contributed by atoms with E-state index in [1.165, 1.54) is 17.5 Å². The number of likely N-dealkylation sites (tertiary alicyclic amines) is 1. The lowest BCUT2D eigenvalue weighted by atomic mass is 9.99. The van der Waals surface area contributed by atoms with Gasteiger partial charge in [-0.05, 0) is 35.4 Å². The second kappa shape index (κ2) is 6.78. The number of carbonyl (C=O) groups excluding carboxylic acids is 1. The SMILES string of the molecule is C[C@H]1CCCN(C(=O)Cc2ccc(-c3ccccc3)cc2)C1. The molecule has 0 bridgehead atoms. The quantitative estimate of drug-likeness (QED) is 0.832. The summed E-state index contributed by atoms with van der Waals surface area (Å²) in [7, 11) is 0. The van der Waals surface area contributed by atoms with Crippen molar-refractivity contribution in [1.29, 1.82) is 0 Å². The van der Waals surface area contributed by atoms with Crippen LogP contribution in [0.1, 0.15) is 25.3 Å². The third kappa shape index (κ3) is 3.56. The molecule has 0 aliphatic carbocycles. The Morgan fingerprint density at radius 2 is 1.73 bits per heavy atom. The normalized spacial score (nSPS) is 18.2. The topological polar surface area (TPSA) is 20.3 Å². The first-order chi connectivity index (χ1) is 10.7. The highest BCUT2D eigenvalue weighted by atomic mass is 16.2. The molecule has 0 saturated carbocycles. The Balaban J connectivity index is 1.65. The van der Waals surface area contributed by atoms with Crippen molar-refractivity contribution in [2.45, 2.75) is 26.2 Å². The summed E-state index contributed by atoms with van der Waals surface area (Å²) in [6.45, 7) is 4.07. The monoisotopic (exact) mass is 293 g/mol. The van der Waals surface area contributed by atoms with E-state index in [9.17, 15) is 4.79 Å². The van der Waals surface area contributed by atoms with Crippen LogP contribution < -0.4 is 0 Å². The Kier molecular flexibility index (Phi) is 4.57. The van der Waals surface area contributed by atoms with Gasteiger partial charge in [0.15, 0.2) is 0 Å². The lowest BCUT2D eigenvalue weighted by Gasteiger charge is -2.31. The van der Waals surface area contributed by atoms with Crippen LogP contribution in [0.5, 0.6) is 0 Å². The number of hydrogen-bond acceptors (Lipinski definition) is 1. The largest absolute Gasteiger partial charge is 0.342 e. The summed E-state index contributed by atoms with van der Waals surface area (Å²) >= 11 is 0. The maximum atomic E-state index is 12.4. The third-order valence-electron chi connectivity index (χ3n) is 4.43. The molecule has 0 radical (unpaired) electrons. The predicted molar refractivity (Wildman–Crippen MR) is 90.6 cm³/mol. The zero-order valence-corrected chi connectivity index (χ0v) is 13.2. The van der Waals surface area contributed by atoms with Crippen molar-refractivity contribution in [3.05, 3.63) is 60.2 Å². The van der Waals surface area contributed by atoms with Crippen LogP contribution in [0.3, 0.4) is 0 Å². The molecule has 0 N–H and O–H groups in total. The first-order valence-electron chi connectivity index (χ1n) is 8.14. The van der Waals surface area contributed by atoms with Gasteiger partial charge in [-0.25, -0.2) is 0 Å². The molecule has 114 valence electrons. The van der Waals surface area contributed by atoms with Crippen LogP contribution >= 0.6 is 0 Å². The van der Waals surface area contributed by atoms with Crippen molar-refractivity contribution in [2.24, 2.45) is 5.92 Å². The van der Waals surface area contributed by atoms with Crippen LogP contribution in [0.4, 0.5) is 0 Å². The molecule has 2 heteroatoms. The van der Waals surface area contributed by atoms with Crippen LogP contribution in [-0.4, -0.2) is 23.9 Å². The molecule has 1 aliphatic rings. The van der Waals surface area contributed by atoms with E-state index in [2.05, 4.69) is 43.3 Å². The van der Waals surface area contributed by atoms with Crippen LogP contribution in [0, 0.1) is 5.92 Å². The Bertz CT molecular complexity index is 618. The minimum Gasteiger partial charge on any atom is -0.342 e. The summed E-state index contributed by atoms with van der Waals surface area (Å²) < 4.78 is 0. The molecule has 2 aromatic rings. The van der Waals surface area contributed by atoms with Crippen molar-refractivity contribution in [3.63, 3.8) is 0 Å². The van der Waals surface area contributed by atoms with Gasteiger partial charge in [-0.3, -0.25) is 4.79 Å². The zero-order valence-electron chi connectivity index (χ0n) is 13.2. The first kappa shape index (κ1) is 14.8. The predicted octanol–water partition coefficient (Wildman–Crippen LogP) is 4.15. The van der Waals surface area contributed by atoms with Gasteiger partial charge in [-0.2, -0.15) is 0 Å². The van der Waals surface area contributed by atoms with Gasteiger partial charge in [-0.15, -0.1) is 0 Å². The van der Waals surface area contributed by atoms with Gasteiger partial charge in [0.1, 0.15) is 0 Å². The molecule has 2 nitrogen and oxygen atoms in total. The van der Waals surface area contributed by atoms with Crippen LogP contribution in [0.15, 0.2) is 54.6 Å². The van der Waals surface area contributed by atoms with Crippen molar-refractivity contribution in [1.82, 2.24) is 4.90 Å². The summed E-state index contributed by atoms with van der Waals surface area (Å²) in [5, 5.41) is 0. The number of hydrogen-bond donors (Lipinski definition) is 0. The fourth-order valence-electron chi connectivity index (χ4n) is 3.15. The van der Waals surface area contributed by atoms with E-state index in [4.69, 9.17) is 0 Å². The molecule has 1 aliphatic heterocycles. The second-order valence-corrected chi connectivity index (χ2v) is 6.33. The van der Waals surface area contributed by atoms with E-state index in [1.54, 1.807) is 0 Å². The molecule has 1 saturated heterocycles. The number of rotatable bonds is 3. The molecule has 3 rings (SSSR count). The van der Waals surface area contributed by atoms with Gasteiger partial charge in [0.2, 0.25) is 5.91 Å². The number of piperidine rings is 1. The third-order valence-corrected chi connectivity index (χ3v) is 4.43. The smallest absolute Gasteiger partial charge is 0.226 e. The average molecular weight is 293 g/mol. The van der Waals surface area contributed by atoms with Gasteiger partial charge >= 0.3 is 0 Å². The van der Waals surface area contributed by atoms with Crippen molar-refractivity contribution >= 4 is 5.91 Å². The molecular formula is C20H23NO. The van der Waals surface area contributed by atoms with Gasteiger partial charge in [0, 0.05) is 13.1 Å². The van der Waals surface area contributed by atoms with E-state index < -0.39 is 0 Å². The van der Waals surface area contributed by atoms with E-state index in [0.29, 0.717) is 12.3 Å². The number of benzene rings is 2. The molecule has 2 aromatic carbocycles. The standard InChI is InChI=1S/C20H23NO/c1-16-6-5-13-21(15-16)20(22)14-17-9-11-19(12-10-17)18-7-3-2-4-8-18/h2-4,7-12,16H,5-6,13-15H2,1H3/t16-/m0/s1. The average Bonchev–Trinajstić information content (AvgIpc) is 2.56. The van der Waals surface area contributed by atoms with Gasteiger partial charge < -0.3 is 4.90 Å². The molecule has 22 heavy (non-hydrogen) atoms. The Hall–Kier alpha value is -2.09. The second-order valence-electron chi connectivity index (χ2n) is 6.33. The summed E-state index contributed by atoms with van der Waals surface area (Å²) in [6, 6.07) is 18.7. The van der Waals surface area contributed by atoms with Crippen LogP contribution in [-0.2, 0) is 11.2 Å². The molecular weight excluding hydrogens is 270 g/mol. The molecule has 0 unspecified atom stereocenters. The number of nitrogens with zero attached hydrogens (tertiary/aromatic N) is 1. The van der Waals surface area contributed by atoms with Gasteiger partial charge in [0.25, 0.3) is 0 Å². The number of amides is 1. The Labute approximate surface area is 132 Å². The molecule has 1 fully saturated rings. The Morgan fingerprint density at radius 1 is 1.05 bits per heavy atom. The summed E-state index contributed by atoms with van der Waals surface area (Å²) in [6.07, 6.45) is 2.90. The minimum atomic E-state index is 0.263. The highest BCUT2D eigenvalue weighted by molar-refractivity contribution is 5.79. The van der Waals surface area contributed by atoms with Crippen molar-refractivity contribution in [3.8, 4) is 11.1 Å². The molecule has 0 spiro atoms. The molecule has 0 aromatic heterocycles. The zero-order chi connectivity index (χ0) is 15.4. The maximum Gasteiger partial charge on any atom is 0.226 e. The van der Waals surface area contributed by atoms with E-state index in [0.717, 1.165) is 25.1 Å². The lowest BCUT2D eigenvalue weighted by molar-refractivity contribution is -0.132. The Morgan fingerprint density at radius 3 is 2.41 bits per heavy atom. The van der Waals surface area contributed by atoms with E-state index in [1.807, 2.05) is 23.1 Å². The van der Waals surface area contributed by atoms with Gasteiger partial charge in [-0.1, -0.05) is 61.5 Å². The van der Waals surface area contributed by atoms with Crippen molar-refractivity contribution < 1.29 is 4.79 Å². The maximum absolute atomic E-state index is 12.4. The van der Waals surface area contributed by atoms with E-state index >= 15 is 0 Å². The minimum absolute atomic E-state index is 0.263. The summed E-state index contributed by atoms with van der Waals surface area (Å²) in [5.41, 5.74) is 3.51. The first-order valence-corrected chi connectivity index (χ1v) is 8.14. The van der Waals surface area contributed by atoms with E-state index in [-0.39, 0.29) is 5.91 Å². The summed E-state index contributed by atoms with van der Waals surface area (Å²) in [5.74, 6) is 0.900. The van der Waals surface area contributed by atoms with Crippen molar-refractivity contribution in [2.75, 3.05) is 13.1 Å². The van der Waals surface area contributed by atoms with Gasteiger partial charge in [0.05, 0.1) is 6.42 Å². The fraction of sp³-hybridized carbons (Fsp3) is 0.350. The molecule has 1 amide bonds. The fourth-order valence-corrected chi connectivity index (χ4v) is 3.15. The lowest BCUT2D eigenvalue weighted by Crippen LogP contribution is -2.39. The summed E-state index contributed by atoms with van der Waals surface area (Å²) in [4.78, 5) is 14.4.